The second kappa shape index (κ2) is 8.35. The van der Waals surface area contributed by atoms with E-state index in [1.165, 1.54) is 7.11 Å². The Bertz CT molecular complexity index is 707. The SMILES string of the molecule is CCCC(=O)Nc1ccc(Nc2cc(OC)c(Cl)cc2OC)nn1. The van der Waals surface area contributed by atoms with E-state index in [-0.39, 0.29) is 5.91 Å². The summed E-state index contributed by atoms with van der Waals surface area (Å²) in [5.74, 6) is 1.86. The number of nitrogens with one attached hydrogen (secondary N) is 2. The van der Waals surface area contributed by atoms with Crippen LogP contribution < -0.4 is 20.1 Å². The molecule has 8 heteroatoms. The van der Waals surface area contributed by atoms with Crippen LogP contribution in [0.15, 0.2) is 24.3 Å². The summed E-state index contributed by atoms with van der Waals surface area (Å²) in [6, 6.07) is 6.73. The van der Waals surface area contributed by atoms with Crippen molar-refractivity contribution in [3.8, 4) is 11.5 Å². The molecule has 0 unspecified atom stereocenters. The van der Waals surface area contributed by atoms with Gasteiger partial charge >= 0.3 is 0 Å². The number of ether oxygens (including phenoxy) is 2. The average molecular weight is 351 g/mol. The van der Waals surface area contributed by atoms with Crippen LogP contribution in [0.2, 0.25) is 5.02 Å². The number of nitrogens with zero attached hydrogens (tertiary/aromatic N) is 2. The highest BCUT2D eigenvalue weighted by molar-refractivity contribution is 6.32. The van der Waals surface area contributed by atoms with Crippen LogP contribution in [0.1, 0.15) is 19.8 Å². The van der Waals surface area contributed by atoms with Gasteiger partial charge in [-0.2, -0.15) is 0 Å². The first-order valence-electron chi connectivity index (χ1n) is 7.39. The lowest BCUT2D eigenvalue weighted by Crippen LogP contribution is -2.12. The number of hydrogen-bond acceptors (Lipinski definition) is 6. The van der Waals surface area contributed by atoms with Gasteiger partial charge in [0.15, 0.2) is 11.6 Å². The van der Waals surface area contributed by atoms with Crippen molar-refractivity contribution < 1.29 is 14.3 Å². The van der Waals surface area contributed by atoms with E-state index in [2.05, 4.69) is 20.8 Å². The maximum absolute atomic E-state index is 11.5. The van der Waals surface area contributed by atoms with Gasteiger partial charge in [-0.1, -0.05) is 18.5 Å². The first-order chi connectivity index (χ1) is 11.6. The topological polar surface area (TPSA) is 85.4 Å². The van der Waals surface area contributed by atoms with E-state index >= 15 is 0 Å². The molecule has 0 aliphatic carbocycles. The van der Waals surface area contributed by atoms with Gasteiger partial charge in [0.25, 0.3) is 0 Å². The van der Waals surface area contributed by atoms with Crippen molar-refractivity contribution in [3.63, 3.8) is 0 Å². The predicted molar refractivity (Wildman–Crippen MR) is 93.4 cm³/mol. The maximum Gasteiger partial charge on any atom is 0.225 e. The van der Waals surface area contributed by atoms with E-state index < -0.39 is 0 Å². The second-order valence-electron chi connectivity index (χ2n) is 4.91. The Kier molecular flexibility index (Phi) is 6.20. The molecule has 0 saturated carbocycles. The van der Waals surface area contributed by atoms with E-state index in [0.717, 1.165) is 6.42 Å². The van der Waals surface area contributed by atoms with E-state index in [9.17, 15) is 4.79 Å². The minimum Gasteiger partial charge on any atom is -0.495 e. The number of aromatic nitrogens is 2. The second-order valence-corrected chi connectivity index (χ2v) is 5.32. The zero-order valence-electron chi connectivity index (χ0n) is 13.7. The van der Waals surface area contributed by atoms with Crippen LogP contribution in [0.25, 0.3) is 0 Å². The van der Waals surface area contributed by atoms with Gasteiger partial charge in [-0.3, -0.25) is 4.79 Å². The van der Waals surface area contributed by atoms with Crippen LogP contribution >= 0.6 is 11.6 Å². The summed E-state index contributed by atoms with van der Waals surface area (Å²) in [5.41, 5.74) is 0.635. The van der Waals surface area contributed by atoms with Crippen LogP contribution in [-0.2, 0) is 4.79 Å². The highest BCUT2D eigenvalue weighted by Crippen LogP contribution is 2.36. The Balaban J connectivity index is 2.15. The molecule has 0 radical (unpaired) electrons. The third kappa shape index (κ3) is 4.48. The van der Waals surface area contributed by atoms with Crippen LogP contribution in [-0.4, -0.2) is 30.3 Å². The molecule has 0 saturated heterocycles. The number of anilines is 3. The van der Waals surface area contributed by atoms with Crippen molar-refractivity contribution in [1.82, 2.24) is 10.2 Å². The Hall–Kier alpha value is -2.54. The molecule has 1 amide bonds. The molecule has 2 aromatic rings. The predicted octanol–water partition coefficient (Wildman–Crippen LogP) is 3.63. The molecular formula is C16H19ClN4O3. The molecule has 0 aliphatic rings. The van der Waals surface area contributed by atoms with E-state index in [1.807, 2.05) is 6.92 Å². The van der Waals surface area contributed by atoms with Crippen molar-refractivity contribution in [3.05, 3.63) is 29.3 Å². The monoisotopic (exact) mass is 350 g/mol. The fraction of sp³-hybridized carbons (Fsp3) is 0.312. The molecule has 7 nitrogen and oxygen atoms in total. The van der Waals surface area contributed by atoms with Crippen molar-refractivity contribution in [2.45, 2.75) is 19.8 Å². The molecule has 0 atom stereocenters. The summed E-state index contributed by atoms with van der Waals surface area (Å²) in [4.78, 5) is 11.5. The van der Waals surface area contributed by atoms with Gasteiger partial charge < -0.3 is 20.1 Å². The highest BCUT2D eigenvalue weighted by Gasteiger charge is 2.11. The van der Waals surface area contributed by atoms with Gasteiger partial charge in [0.2, 0.25) is 5.91 Å². The lowest BCUT2D eigenvalue weighted by molar-refractivity contribution is -0.116. The number of hydrogen-bond donors (Lipinski definition) is 2. The van der Waals surface area contributed by atoms with Crippen LogP contribution in [0.3, 0.4) is 0 Å². The molecule has 0 bridgehead atoms. The van der Waals surface area contributed by atoms with Gasteiger partial charge in [0, 0.05) is 18.6 Å². The molecule has 0 aliphatic heterocycles. The van der Waals surface area contributed by atoms with Crippen molar-refractivity contribution >= 4 is 34.8 Å². The number of benzene rings is 1. The summed E-state index contributed by atoms with van der Waals surface area (Å²) in [6.45, 7) is 1.94. The van der Waals surface area contributed by atoms with Gasteiger partial charge in [0.05, 0.1) is 24.9 Å². The first kappa shape index (κ1) is 17.8. The van der Waals surface area contributed by atoms with Crippen LogP contribution in [0.4, 0.5) is 17.3 Å². The molecule has 24 heavy (non-hydrogen) atoms. The minimum absolute atomic E-state index is 0.0865. The van der Waals surface area contributed by atoms with Gasteiger partial charge in [-0.05, 0) is 18.6 Å². The Morgan fingerprint density at radius 3 is 2.38 bits per heavy atom. The fourth-order valence-corrected chi connectivity index (χ4v) is 2.22. The van der Waals surface area contributed by atoms with Gasteiger partial charge in [-0.15, -0.1) is 10.2 Å². The fourth-order valence-electron chi connectivity index (χ4n) is 1.99. The smallest absolute Gasteiger partial charge is 0.225 e. The third-order valence-corrected chi connectivity index (χ3v) is 3.44. The van der Waals surface area contributed by atoms with Crippen LogP contribution in [0.5, 0.6) is 11.5 Å². The Morgan fingerprint density at radius 2 is 1.79 bits per heavy atom. The van der Waals surface area contributed by atoms with E-state index in [0.29, 0.717) is 40.3 Å². The highest BCUT2D eigenvalue weighted by atomic mass is 35.5. The third-order valence-electron chi connectivity index (χ3n) is 3.15. The average Bonchev–Trinajstić information content (AvgIpc) is 2.58. The van der Waals surface area contributed by atoms with Gasteiger partial charge in [0.1, 0.15) is 11.5 Å². The van der Waals surface area contributed by atoms with Crippen molar-refractivity contribution in [2.75, 3.05) is 24.9 Å². The van der Waals surface area contributed by atoms with Crippen LogP contribution in [0, 0.1) is 0 Å². The molecule has 0 fully saturated rings. The minimum atomic E-state index is -0.0865. The number of carbonyl (C=O) groups excluding carboxylic acids is 1. The summed E-state index contributed by atoms with van der Waals surface area (Å²) < 4.78 is 10.5. The summed E-state index contributed by atoms with van der Waals surface area (Å²) in [6.07, 6.45) is 1.22. The lowest BCUT2D eigenvalue weighted by Gasteiger charge is -2.13. The number of methoxy groups -OCH3 is 2. The molecular weight excluding hydrogens is 332 g/mol. The lowest BCUT2D eigenvalue weighted by atomic mass is 10.2. The molecule has 1 aromatic heterocycles. The maximum atomic E-state index is 11.5. The first-order valence-corrected chi connectivity index (χ1v) is 7.77. The Labute approximate surface area is 145 Å². The van der Waals surface area contributed by atoms with Crippen molar-refractivity contribution in [1.29, 1.82) is 0 Å². The molecule has 0 spiro atoms. The molecule has 2 rings (SSSR count). The summed E-state index contributed by atoms with van der Waals surface area (Å²) >= 11 is 6.08. The Morgan fingerprint density at radius 1 is 1.12 bits per heavy atom. The molecule has 128 valence electrons. The quantitative estimate of drug-likeness (QED) is 0.793. The summed E-state index contributed by atoms with van der Waals surface area (Å²) in [5, 5.41) is 14.2. The molecule has 2 N–H and O–H groups in total. The zero-order chi connectivity index (χ0) is 17.5. The zero-order valence-corrected chi connectivity index (χ0v) is 14.5. The molecule has 1 heterocycles. The number of carbonyl (C=O) groups is 1. The number of halogens is 1. The van der Waals surface area contributed by atoms with Gasteiger partial charge in [-0.25, -0.2) is 0 Å². The number of rotatable bonds is 7. The number of amides is 1. The summed E-state index contributed by atoms with van der Waals surface area (Å²) in [7, 11) is 3.08. The van der Waals surface area contributed by atoms with E-state index in [1.54, 1.807) is 31.4 Å². The normalized spacial score (nSPS) is 10.2. The largest absolute Gasteiger partial charge is 0.495 e. The van der Waals surface area contributed by atoms with Crippen molar-refractivity contribution in [2.24, 2.45) is 0 Å². The standard InChI is InChI=1S/C16H19ClN4O3/c1-4-5-16(22)19-15-7-6-14(20-21-15)18-11-9-12(23-2)10(17)8-13(11)24-3/h6-9H,4-5H2,1-3H3,(H,18,20)(H,19,21,22). The van der Waals surface area contributed by atoms with E-state index in [4.69, 9.17) is 21.1 Å². The molecule has 1 aromatic carbocycles.